The van der Waals surface area contributed by atoms with E-state index < -0.39 is 17.3 Å². The number of pyridine rings is 2. The molecular formula is C31H32F2N6O2. The molecular weight excluding hydrogens is 526 g/mol. The van der Waals surface area contributed by atoms with Gasteiger partial charge in [-0.2, -0.15) is 4.98 Å². The second kappa shape index (κ2) is 10.8. The van der Waals surface area contributed by atoms with E-state index in [1.165, 1.54) is 28.8 Å². The van der Waals surface area contributed by atoms with Crippen molar-refractivity contribution in [2.45, 2.75) is 46.6 Å². The molecule has 4 heterocycles. The van der Waals surface area contributed by atoms with Crippen molar-refractivity contribution in [3.63, 3.8) is 0 Å². The first-order chi connectivity index (χ1) is 19.5. The minimum atomic E-state index is -0.742. The van der Waals surface area contributed by atoms with E-state index >= 15 is 8.78 Å². The van der Waals surface area contributed by atoms with Crippen molar-refractivity contribution in [2.75, 3.05) is 24.5 Å². The molecule has 1 aliphatic heterocycles. The number of nitrogens with zero attached hydrogens (tertiary/aromatic N) is 6. The number of piperazine rings is 1. The van der Waals surface area contributed by atoms with Gasteiger partial charge in [0.2, 0.25) is 5.91 Å². The van der Waals surface area contributed by atoms with Crippen LogP contribution in [-0.4, -0.2) is 56.0 Å². The first-order valence-corrected chi connectivity index (χ1v) is 13.6. The second-order valence-corrected chi connectivity index (χ2v) is 10.8. The van der Waals surface area contributed by atoms with Gasteiger partial charge in [-0.25, -0.2) is 23.1 Å². The molecule has 1 atom stereocenters. The van der Waals surface area contributed by atoms with Crippen molar-refractivity contribution in [3.05, 3.63) is 88.1 Å². The number of aryl methyl sites for hydroxylation is 2. The van der Waals surface area contributed by atoms with Crippen molar-refractivity contribution < 1.29 is 13.6 Å². The van der Waals surface area contributed by atoms with Gasteiger partial charge in [0.25, 0.3) is 0 Å². The van der Waals surface area contributed by atoms with Crippen LogP contribution in [0.5, 0.6) is 0 Å². The van der Waals surface area contributed by atoms with Crippen LogP contribution in [0, 0.1) is 25.5 Å². The van der Waals surface area contributed by atoms with E-state index in [-0.39, 0.29) is 40.6 Å². The Labute approximate surface area is 237 Å². The van der Waals surface area contributed by atoms with Gasteiger partial charge in [-0.3, -0.25) is 9.78 Å². The van der Waals surface area contributed by atoms with E-state index in [9.17, 15) is 9.59 Å². The number of rotatable bonds is 5. The fraction of sp³-hybridized carbons (Fsp3) is 0.323. The van der Waals surface area contributed by atoms with Crippen molar-refractivity contribution in [2.24, 2.45) is 0 Å². The van der Waals surface area contributed by atoms with Crippen molar-refractivity contribution in [1.82, 2.24) is 24.4 Å². The number of hydrogen-bond donors (Lipinski definition) is 0. The second-order valence-electron chi connectivity index (χ2n) is 10.8. The van der Waals surface area contributed by atoms with Gasteiger partial charge in [-0.05, 0) is 68.2 Å². The number of amides is 1. The minimum absolute atomic E-state index is 0.00993. The summed E-state index contributed by atoms with van der Waals surface area (Å²) in [5.41, 5.74) is 1.93. The summed E-state index contributed by atoms with van der Waals surface area (Å²) in [5.74, 6) is -1.33. The Balaban J connectivity index is 1.82. The fourth-order valence-electron chi connectivity index (χ4n) is 5.41. The highest BCUT2D eigenvalue weighted by molar-refractivity contribution is 5.91. The van der Waals surface area contributed by atoms with Gasteiger partial charge in [-0.1, -0.05) is 26.5 Å². The number of aromatic nitrogens is 4. The van der Waals surface area contributed by atoms with Gasteiger partial charge in [0, 0.05) is 37.4 Å². The van der Waals surface area contributed by atoms with Crippen LogP contribution in [0.2, 0.25) is 0 Å². The molecule has 1 saturated heterocycles. The summed E-state index contributed by atoms with van der Waals surface area (Å²) in [5, 5.41) is 0.298. The van der Waals surface area contributed by atoms with Crippen LogP contribution in [0.4, 0.5) is 14.6 Å². The molecule has 0 saturated carbocycles. The van der Waals surface area contributed by atoms with Gasteiger partial charge in [0.05, 0.1) is 16.8 Å². The predicted octanol–water partition coefficient (Wildman–Crippen LogP) is 5.08. The monoisotopic (exact) mass is 558 g/mol. The van der Waals surface area contributed by atoms with Crippen molar-refractivity contribution in [1.29, 1.82) is 0 Å². The Bertz CT molecular complexity index is 1750. The molecule has 0 aliphatic carbocycles. The smallest absolute Gasteiger partial charge is 0.350 e. The lowest BCUT2D eigenvalue weighted by atomic mass is 10.0. The van der Waals surface area contributed by atoms with Crippen LogP contribution in [0.15, 0.2) is 54.0 Å². The molecule has 0 unspecified atom stereocenters. The van der Waals surface area contributed by atoms with Crippen LogP contribution in [0.3, 0.4) is 0 Å². The highest BCUT2D eigenvalue weighted by atomic mass is 19.1. The van der Waals surface area contributed by atoms with Gasteiger partial charge in [0.1, 0.15) is 23.1 Å². The van der Waals surface area contributed by atoms with Crippen molar-refractivity contribution >= 4 is 22.8 Å². The molecule has 1 amide bonds. The number of carbonyl (C=O) groups is 1. The molecule has 1 aliphatic rings. The third-order valence-corrected chi connectivity index (χ3v) is 7.49. The zero-order chi connectivity index (χ0) is 29.6. The number of fused-ring (bicyclic) bond motifs is 1. The molecule has 1 aromatic carbocycles. The molecule has 5 rings (SSSR count). The SMILES string of the molecule is C=CC(=O)N1CCN(c2nc(=O)n(-c3c(C)ccnc3C(C)C)c3nc(-c4ccc(C)cc4F)c(F)cc23)[C@@H](C)C1. The predicted molar refractivity (Wildman–Crippen MR) is 155 cm³/mol. The summed E-state index contributed by atoms with van der Waals surface area (Å²) in [4.78, 5) is 43.3. The third kappa shape index (κ3) is 4.98. The zero-order valence-corrected chi connectivity index (χ0v) is 23.8. The molecule has 0 spiro atoms. The number of carbonyl (C=O) groups excluding carboxylic acids is 1. The summed E-state index contributed by atoms with van der Waals surface area (Å²) in [7, 11) is 0. The van der Waals surface area contributed by atoms with E-state index in [1.54, 1.807) is 30.2 Å². The first-order valence-electron chi connectivity index (χ1n) is 13.6. The summed E-state index contributed by atoms with van der Waals surface area (Å²) in [6.45, 7) is 14.1. The van der Waals surface area contributed by atoms with E-state index in [4.69, 9.17) is 0 Å². The normalized spacial score (nSPS) is 15.6. The lowest BCUT2D eigenvalue weighted by Gasteiger charge is -2.40. The van der Waals surface area contributed by atoms with Crippen LogP contribution >= 0.6 is 0 Å². The average Bonchev–Trinajstić information content (AvgIpc) is 2.93. The Morgan fingerprint density at radius 1 is 1.10 bits per heavy atom. The topological polar surface area (TPSA) is 84.2 Å². The first kappa shape index (κ1) is 28.1. The minimum Gasteiger partial charge on any atom is -0.350 e. The van der Waals surface area contributed by atoms with Gasteiger partial charge in [0.15, 0.2) is 5.65 Å². The highest BCUT2D eigenvalue weighted by Crippen LogP contribution is 2.34. The summed E-state index contributed by atoms with van der Waals surface area (Å²) >= 11 is 0. The quantitative estimate of drug-likeness (QED) is 0.318. The third-order valence-electron chi connectivity index (χ3n) is 7.49. The molecule has 8 nitrogen and oxygen atoms in total. The van der Waals surface area contributed by atoms with E-state index in [0.29, 0.717) is 42.0 Å². The van der Waals surface area contributed by atoms with E-state index in [2.05, 4.69) is 21.5 Å². The maximum Gasteiger partial charge on any atom is 0.355 e. The maximum absolute atomic E-state index is 15.8. The molecule has 212 valence electrons. The Morgan fingerprint density at radius 3 is 2.51 bits per heavy atom. The van der Waals surface area contributed by atoms with Crippen LogP contribution in [0.1, 0.15) is 43.5 Å². The number of hydrogen-bond acceptors (Lipinski definition) is 6. The Morgan fingerprint density at radius 2 is 1.85 bits per heavy atom. The van der Waals surface area contributed by atoms with E-state index in [0.717, 1.165) is 5.56 Å². The summed E-state index contributed by atoms with van der Waals surface area (Å²) in [6.07, 6.45) is 2.94. The Kier molecular flexibility index (Phi) is 7.42. The van der Waals surface area contributed by atoms with Crippen LogP contribution < -0.4 is 10.6 Å². The summed E-state index contributed by atoms with van der Waals surface area (Å²) in [6, 6.07) is 7.31. The fourth-order valence-corrected chi connectivity index (χ4v) is 5.41. The van der Waals surface area contributed by atoms with Gasteiger partial charge >= 0.3 is 5.69 Å². The molecule has 3 aromatic heterocycles. The maximum atomic E-state index is 15.8. The molecule has 10 heteroatoms. The standard InChI is InChI=1S/C31H32F2N6O2/c1-7-25(40)37-12-13-38(20(6)16-37)29-22-15-24(33)27(21-9-8-18(4)14-23(21)32)35-30(22)39(31(41)36-29)28-19(5)10-11-34-26(28)17(2)3/h7-11,14-15,17,20H,1,12-13,16H2,2-6H3/t20-/m0/s1. The largest absolute Gasteiger partial charge is 0.355 e. The molecule has 0 bridgehead atoms. The molecule has 0 N–H and O–H groups in total. The molecule has 41 heavy (non-hydrogen) atoms. The number of anilines is 1. The average molecular weight is 559 g/mol. The summed E-state index contributed by atoms with van der Waals surface area (Å²) < 4.78 is 32.2. The highest BCUT2D eigenvalue weighted by Gasteiger charge is 2.30. The number of benzene rings is 1. The van der Waals surface area contributed by atoms with Gasteiger partial charge in [-0.15, -0.1) is 0 Å². The zero-order valence-electron chi connectivity index (χ0n) is 23.8. The van der Waals surface area contributed by atoms with Crippen LogP contribution in [0.25, 0.3) is 28.0 Å². The molecule has 4 aromatic rings. The lowest BCUT2D eigenvalue weighted by molar-refractivity contribution is -0.126. The number of halogens is 2. The van der Waals surface area contributed by atoms with E-state index in [1.807, 2.05) is 32.6 Å². The molecule has 0 radical (unpaired) electrons. The van der Waals surface area contributed by atoms with Crippen molar-refractivity contribution in [3.8, 4) is 16.9 Å². The van der Waals surface area contributed by atoms with Crippen LogP contribution in [-0.2, 0) is 4.79 Å². The van der Waals surface area contributed by atoms with Gasteiger partial charge < -0.3 is 9.80 Å². The molecule has 1 fully saturated rings. The lowest BCUT2D eigenvalue weighted by Crippen LogP contribution is -2.54. The Hall–Kier alpha value is -4.47.